The number of benzene rings is 2. The Kier molecular flexibility index (Phi) is 9.44. The number of allylic oxidation sites excluding steroid dienone is 2. The van der Waals surface area contributed by atoms with Crippen LogP contribution in [-0.4, -0.2) is 53.4 Å². The van der Waals surface area contributed by atoms with Gasteiger partial charge < -0.3 is 15.9 Å². The fraction of sp³-hybridized carbons (Fsp3) is 0.421. The summed E-state index contributed by atoms with van der Waals surface area (Å²) in [5, 5.41) is 27.6. The Balaban J connectivity index is 1.06. The molecule has 0 aliphatic carbocycles. The molecule has 0 saturated carbocycles. The van der Waals surface area contributed by atoms with E-state index in [9.17, 15) is 10.2 Å². The first-order valence-corrected chi connectivity index (χ1v) is 16.9. The topological polar surface area (TPSA) is 105 Å². The van der Waals surface area contributed by atoms with Gasteiger partial charge in [-0.1, -0.05) is 73.2 Å². The van der Waals surface area contributed by atoms with Gasteiger partial charge in [-0.2, -0.15) is 8.78 Å². The van der Waals surface area contributed by atoms with Crippen molar-refractivity contribution in [3.8, 4) is 11.3 Å². The van der Waals surface area contributed by atoms with E-state index in [2.05, 4.69) is 34.6 Å². The maximum absolute atomic E-state index is 15.9. The van der Waals surface area contributed by atoms with Gasteiger partial charge in [0.15, 0.2) is 0 Å². The van der Waals surface area contributed by atoms with Gasteiger partial charge >= 0.3 is 6.17 Å². The number of nitrogens with zero attached hydrogens (tertiary/aromatic N) is 5. The van der Waals surface area contributed by atoms with Crippen LogP contribution in [0.25, 0.3) is 16.8 Å². The largest absolute Gasteiger partial charge is 0.422 e. The van der Waals surface area contributed by atoms with Gasteiger partial charge in [-0.05, 0) is 81.2 Å². The predicted octanol–water partition coefficient (Wildman–Crippen LogP) is 6.53. The normalized spacial score (nSPS) is 17.1. The minimum atomic E-state index is -3.18. The fourth-order valence-electron chi connectivity index (χ4n) is 7.17. The average molecular weight is 657 g/mol. The monoisotopic (exact) mass is 656 g/mol. The number of hydrogen-bond donors (Lipinski definition) is 3. The molecule has 0 saturated heterocycles. The Hall–Kier alpha value is -4.12. The molecule has 4 aromatic rings. The number of aliphatic hydroxyl groups is 2. The number of unbranched alkanes of at least 4 members (excludes halogenated alkanes) is 2. The molecule has 8 nitrogen and oxygen atoms in total. The van der Waals surface area contributed by atoms with E-state index >= 15 is 8.78 Å². The van der Waals surface area contributed by atoms with Crippen molar-refractivity contribution >= 4 is 5.57 Å². The number of aliphatic hydroxyl groups excluding tert-OH is 2. The van der Waals surface area contributed by atoms with Crippen LogP contribution in [0.1, 0.15) is 73.2 Å². The van der Waals surface area contributed by atoms with E-state index in [-0.39, 0.29) is 19.1 Å². The highest BCUT2D eigenvalue weighted by Gasteiger charge is 2.52. The second-order valence-corrected chi connectivity index (χ2v) is 13.6. The van der Waals surface area contributed by atoms with Crippen molar-refractivity contribution in [3.05, 3.63) is 112 Å². The zero-order valence-corrected chi connectivity index (χ0v) is 28.3. The van der Waals surface area contributed by atoms with Crippen LogP contribution in [0.15, 0.2) is 78.3 Å². The summed E-state index contributed by atoms with van der Waals surface area (Å²) < 4.78 is 34.9. The number of hydrogen-bond acceptors (Lipinski definition) is 6. The SMILES string of the molecule is CC1=CC(C)C2=C(c3ccc(-c4cn(CCCCCc5ccc(CCC(N)(CO)CO)cc5)nn4)cc3)c3c(C)cc(C)n3C(F)(F)N12. The molecule has 2 aromatic carbocycles. The van der Waals surface area contributed by atoms with Crippen molar-refractivity contribution in [2.24, 2.45) is 11.7 Å². The Morgan fingerprint density at radius 1 is 0.896 bits per heavy atom. The van der Waals surface area contributed by atoms with Crippen LogP contribution < -0.4 is 5.73 Å². The van der Waals surface area contributed by atoms with Crippen LogP contribution in [0, 0.1) is 19.8 Å². The summed E-state index contributed by atoms with van der Waals surface area (Å²) in [6, 6.07) is 18.3. The summed E-state index contributed by atoms with van der Waals surface area (Å²) in [6.07, 6.45) is 6.07. The molecule has 0 bridgehead atoms. The molecule has 0 radical (unpaired) electrons. The summed E-state index contributed by atoms with van der Waals surface area (Å²) >= 11 is 0. The first-order valence-electron chi connectivity index (χ1n) is 16.9. The summed E-state index contributed by atoms with van der Waals surface area (Å²) in [7, 11) is 0. The lowest BCUT2D eigenvalue weighted by atomic mass is 9.91. The number of aromatic nitrogens is 4. The lowest BCUT2D eigenvalue weighted by Crippen LogP contribution is -2.47. The lowest BCUT2D eigenvalue weighted by Gasteiger charge is -2.40. The van der Waals surface area contributed by atoms with Crippen molar-refractivity contribution < 1.29 is 19.0 Å². The summed E-state index contributed by atoms with van der Waals surface area (Å²) in [4.78, 5) is 1.20. The van der Waals surface area contributed by atoms with Gasteiger partial charge in [-0.15, -0.1) is 5.10 Å². The highest BCUT2D eigenvalue weighted by molar-refractivity contribution is 5.85. The summed E-state index contributed by atoms with van der Waals surface area (Å²) in [5.41, 5.74) is 14.1. The molecule has 2 aromatic heterocycles. The molecule has 6 rings (SSSR count). The van der Waals surface area contributed by atoms with E-state index in [4.69, 9.17) is 5.73 Å². The van der Waals surface area contributed by atoms with Crippen molar-refractivity contribution in [1.82, 2.24) is 24.5 Å². The minimum absolute atomic E-state index is 0.136. The summed E-state index contributed by atoms with van der Waals surface area (Å²) in [5.74, 6) is -0.136. The van der Waals surface area contributed by atoms with Crippen molar-refractivity contribution in [1.29, 1.82) is 0 Å². The molecule has 48 heavy (non-hydrogen) atoms. The van der Waals surface area contributed by atoms with Crippen LogP contribution in [0.2, 0.25) is 0 Å². The number of rotatable bonds is 13. The highest BCUT2D eigenvalue weighted by atomic mass is 19.3. The Morgan fingerprint density at radius 2 is 1.54 bits per heavy atom. The van der Waals surface area contributed by atoms with Gasteiger partial charge in [0.1, 0.15) is 5.69 Å². The first kappa shape index (κ1) is 33.8. The Morgan fingerprint density at radius 3 is 2.21 bits per heavy atom. The Labute approximate surface area is 281 Å². The van der Waals surface area contributed by atoms with Crippen molar-refractivity contribution in [2.75, 3.05) is 13.2 Å². The molecule has 10 heteroatoms. The lowest BCUT2D eigenvalue weighted by molar-refractivity contribution is -0.188. The fourth-order valence-corrected chi connectivity index (χ4v) is 7.17. The molecule has 4 N–H and O–H groups in total. The number of aryl methyl sites for hydroxylation is 5. The molecule has 0 amide bonds. The van der Waals surface area contributed by atoms with Gasteiger partial charge in [0, 0.05) is 40.7 Å². The molecule has 1 atom stereocenters. The van der Waals surface area contributed by atoms with Crippen molar-refractivity contribution in [2.45, 2.75) is 84.5 Å². The van der Waals surface area contributed by atoms with E-state index in [1.807, 2.05) is 61.1 Å². The van der Waals surface area contributed by atoms with Crippen LogP contribution in [0.3, 0.4) is 0 Å². The minimum Gasteiger partial charge on any atom is -0.394 e. The Bertz CT molecular complexity index is 1820. The maximum atomic E-state index is 15.9. The number of alkyl halides is 2. The molecule has 2 aliphatic rings. The first-order chi connectivity index (χ1) is 23.0. The quantitative estimate of drug-likeness (QED) is 0.112. The molecule has 0 spiro atoms. The third kappa shape index (κ3) is 6.36. The van der Waals surface area contributed by atoms with Gasteiger partial charge in [-0.3, -0.25) is 14.1 Å². The molecule has 2 aliphatic heterocycles. The second kappa shape index (κ2) is 13.4. The van der Waals surface area contributed by atoms with Crippen LogP contribution >= 0.6 is 0 Å². The highest BCUT2D eigenvalue weighted by Crippen LogP contribution is 2.52. The van der Waals surface area contributed by atoms with Gasteiger partial charge in [-0.25, -0.2) is 0 Å². The second-order valence-electron chi connectivity index (χ2n) is 13.6. The third-order valence-corrected chi connectivity index (χ3v) is 9.85. The number of fused-ring (bicyclic) bond motifs is 2. The smallest absolute Gasteiger partial charge is 0.394 e. The average Bonchev–Trinajstić information content (AvgIpc) is 3.76. The third-order valence-electron chi connectivity index (χ3n) is 9.85. The van der Waals surface area contributed by atoms with Crippen LogP contribution in [0.5, 0.6) is 0 Å². The zero-order valence-electron chi connectivity index (χ0n) is 28.3. The van der Waals surface area contributed by atoms with E-state index in [0.717, 1.165) is 65.7 Å². The molecule has 4 heterocycles. The summed E-state index contributed by atoms with van der Waals surface area (Å²) in [6.45, 7) is 7.70. The number of nitrogens with two attached hydrogens (primary N) is 1. The van der Waals surface area contributed by atoms with E-state index in [1.165, 1.54) is 15.0 Å². The van der Waals surface area contributed by atoms with E-state index in [1.54, 1.807) is 13.8 Å². The van der Waals surface area contributed by atoms with Crippen molar-refractivity contribution in [3.63, 3.8) is 0 Å². The van der Waals surface area contributed by atoms with E-state index in [0.29, 0.717) is 35.6 Å². The van der Waals surface area contributed by atoms with Crippen LogP contribution in [-0.2, 0) is 25.6 Å². The number of halogens is 2. The molecular formula is C38H46F2N6O2. The molecule has 254 valence electrons. The van der Waals surface area contributed by atoms with Gasteiger partial charge in [0.2, 0.25) is 0 Å². The maximum Gasteiger partial charge on any atom is 0.422 e. The zero-order chi connectivity index (χ0) is 34.2. The molecule has 1 unspecified atom stereocenters. The van der Waals surface area contributed by atoms with Crippen LogP contribution in [0.4, 0.5) is 8.78 Å². The van der Waals surface area contributed by atoms with Gasteiger partial charge in [0.05, 0.1) is 30.6 Å². The van der Waals surface area contributed by atoms with Gasteiger partial charge in [0.25, 0.3) is 0 Å². The van der Waals surface area contributed by atoms with E-state index < -0.39 is 11.7 Å². The molecular weight excluding hydrogens is 610 g/mol. The molecule has 0 fully saturated rings. The standard InChI is InChI=1S/C38H46F2N6O2/c1-25-20-27(3)45-35(25)34(36-26(2)21-28(4)46(36)38(45,39)40)32-15-13-31(14-16-32)33-22-44(43-42-33)19-7-5-6-8-29-9-11-30(12-10-29)17-18-37(41,23-47)24-48/h9-16,20-22,25,47-48H,5-8,17-19,23-24,41H2,1-4H3. The predicted molar refractivity (Wildman–Crippen MR) is 184 cm³/mol.